The van der Waals surface area contributed by atoms with Crippen molar-refractivity contribution < 1.29 is 19.1 Å². The summed E-state index contributed by atoms with van der Waals surface area (Å²) in [4.78, 5) is 24.0. The third-order valence-electron chi connectivity index (χ3n) is 2.27. The molecular formula is C10H18N2O4. The Kier molecular flexibility index (Phi) is 5.81. The highest BCUT2D eigenvalue weighted by molar-refractivity contribution is 5.92. The molecule has 1 fully saturated rings. The van der Waals surface area contributed by atoms with E-state index < -0.39 is 0 Å². The molecule has 2 amide bonds. The number of nitrogens with one attached hydrogen (secondary N) is 1. The highest BCUT2D eigenvalue weighted by atomic mass is 16.5. The average molecular weight is 230 g/mol. The maximum Gasteiger partial charge on any atom is 0.242 e. The van der Waals surface area contributed by atoms with Crippen LogP contribution in [0.2, 0.25) is 0 Å². The largest absolute Gasteiger partial charge is 0.382 e. The standard InChI is InChI=1S/C10H18N2O4/c1-15-5-6-16-4-2-3-12-8-9(13)11-7-10(12)14/h2-8H2,1H3,(H,11,13). The molecule has 0 atom stereocenters. The van der Waals surface area contributed by atoms with Crippen molar-refractivity contribution in [1.29, 1.82) is 0 Å². The van der Waals surface area contributed by atoms with E-state index in [2.05, 4.69) is 5.32 Å². The Labute approximate surface area is 94.9 Å². The van der Waals surface area contributed by atoms with Gasteiger partial charge in [-0.3, -0.25) is 9.59 Å². The fourth-order valence-electron chi connectivity index (χ4n) is 1.41. The molecule has 0 aromatic carbocycles. The van der Waals surface area contributed by atoms with E-state index in [4.69, 9.17) is 9.47 Å². The summed E-state index contributed by atoms with van der Waals surface area (Å²) in [7, 11) is 1.62. The molecule has 1 aliphatic rings. The van der Waals surface area contributed by atoms with Crippen LogP contribution >= 0.6 is 0 Å². The molecule has 1 heterocycles. The van der Waals surface area contributed by atoms with Gasteiger partial charge in [0.1, 0.15) is 0 Å². The third-order valence-corrected chi connectivity index (χ3v) is 2.27. The van der Waals surface area contributed by atoms with Crippen molar-refractivity contribution in [3.8, 4) is 0 Å². The van der Waals surface area contributed by atoms with Crippen molar-refractivity contribution >= 4 is 11.8 Å². The summed E-state index contributed by atoms with van der Waals surface area (Å²) in [6, 6.07) is 0. The molecule has 1 N–H and O–H groups in total. The first-order valence-electron chi connectivity index (χ1n) is 5.35. The van der Waals surface area contributed by atoms with E-state index in [1.54, 1.807) is 12.0 Å². The molecule has 0 spiro atoms. The molecule has 0 aromatic heterocycles. The highest BCUT2D eigenvalue weighted by Gasteiger charge is 2.21. The lowest BCUT2D eigenvalue weighted by molar-refractivity contribution is -0.140. The molecule has 6 nitrogen and oxygen atoms in total. The minimum atomic E-state index is -0.0973. The summed E-state index contributed by atoms with van der Waals surface area (Å²) >= 11 is 0. The van der Waals surface area contributed by atoms with Crippen LogP contribution in [0.25, 0.3) is 0 Å². The van der Waals surface area contributed by atoms with Crippen molar-refractivity contribution in [1.82, 2.24) is 10.2 Å². The number of ether oxygens (including phenoxy) is 2. The molecule has 0 unspecified atom stereocenters. The SMILES string of the molecule is COCCOCCCN1CC(=O)NCC1=O. The maximum absolute atomic E-state index is 11.4. The molecule has 0 aliphatic carbocycles. The van der Waals surface area contributed by atoms with E-state index in [0.29, 0.717) is 26.4 Å². The van der Waals surface area contributed by atoms with Crippen molar-refractivity contribution in [3.05, 3.63) is 0 Å². The lowest BCUT2D eigenvalue weighted by Gasteiger charge is -2.26. The number of amides is 2. The summed E-state index contributed by atoms with van der Waals surface area (Å²) in [6.07, 6.45) is 0.739. The number of methoxy groups -OCH3 is 1. The zero-order chi connectivity index (χ0) is 11.8. The molecule has 0 saturated carbocycles. The first-order chi connectivity index (χ1) is 7.74. The summed E-state index contributed by atoms with van der Waals surface area (Å²) in [5.74, 6) is -0.128. The molecule has 16 heavy (non-hydrogen) atoms. The van der Waals surface area contributed by atoms with E-state index >= 15 is 0 Å². The number of hydrogen-bond acceptors (Lipinski definition) is 4. The Morgan fingerprint density at radius 1 is 1.31 bits per heavy atom. The maximum atomic E-state index is 11.4. The lowest BCUT2D eigenvalue weighted by atomic mass is 10.3. The summed E-state index contributed by atoms with van der Waals surface area (Å²) in [5.41, 5.74) is 0. The van der Waals surface area contributed by atoms with Gasteiger partial charge in [0.25, 0.3) is 0 Å². The van der Waals surface area contributed by atoms with Gasteiger partial charge < -0.3 is 19.7 Å². The Balaban J connectivity index is 2.07. The summed E-state index contributed by atoms with van der Waals surface area (Å²) in [5, 5.41) is 2.50. The van der Waals surface area contributed by atoms with Crippen LogP contribution in [0.5, 0.6) is 0 Å². The van der Waals surface area contributed by atoms with Crippen molar-refractivity contribution in [2.75, 3.05) is 46.6 Å². The zero-order valence-electron chi connectivity index (χ0n) is 9.53. The number of carbonyl (C=O) groups is 2. The monoisotopic (exact) mass is 230 g/mol. The van der Waals surface area contributed by atoms with Crippen molar-refractivity contribution in [2.24, 2.45) is 0 Å². The van der Waals surface area contributed by atoms with Crippen LogP contribution < -0.4 is 5.32 Å². The number of rotatable bonds is 7. The fourth-order valence-corrected chi connectivity index (χ4v) is 1.41. The number of carbonyl (C=O) groups excluding carboxylic acids is 2. The van der Waals surface area contributed by atoms with Gasteiger partial charge in [-0.1, -0.05) is 0 Å². The van der Waals surface area contributed by atoms with Gasteiger partial charge in [0.15, 0.2) is 0 Å². The molecule has 0 radical (unpaired) electrons. The molecule has 1 saturated heterocycles. The van der Waals surface area contributed by atoms with Crippen LogP contribution in [-0.4, -0.2) is 63.3 Å². The first kappa shape index (κ1) is 12.9. The minimum absolute atomic E-state index is 0.0310. The van der Waals surface area contributed by atoms with Gasteiger partial charge in [-0.05, 0) is 6.42 Å². The Hall–Kier alpha value is -1.14. The van der Waals surface area contributed by atoms with E-state index in [-0.39, 0.29) is 24.9 Å². The predicted octanol–water partition coefficient (Wildman–Crippen LogP) is -1.00. The first-order valence-corrected chi connectivity index (χ1v) is 5.35. The average Bonchev–Trinajstić information content (AvgIpc) is 2.28. The highest BCUT2D eigenvalue weighted by Crippen LogP contribution is 1.97. The molecular weight excluding hydrogens is 212 g/mol. The van der Waals surface area contributed by atoms with E-state index in [9.17, 15) is 9.59 Å². The van der Waals surface area contributed by atoms with Crippen LogP contribution in [0.3, 0.4) is 0 Å². The van der Waals surface area contributed by atoms with Gasteiger partial charge >= 0.3 is 0 Å². The third kappa shape index (κ3) is 4.59. The molecule has 0 aromatic rings. The van der Waals surface area contributed by atoms with E-state index in [0.717, 1.165) is 6.42 Å². The van der Waals surface area contributed by atoms with Gasteiger partial charge in [-0.2, -0.15) is 0 Å². The molecule has 92 valence electrons. The van der Waals surface area contributed by atoms with Gasteiger partial charge in [-0.15, -0.1) is 0 Å². The molecule has 6 heteroatoms. The second-order valence-electron chi connectivity index (χ2n) is 3.55. The Morgan fingerprint density at radius 3 is 2.88 bits per heavy atom. The molecule has 0 bridgehead atoms. The minimum Gasteiger partial charge on any atom is -0.382 e. The second kappa shape index (κ2) is 7.19. The summed E-state index contributed by atoms with van der Waals surface area (Å²) in [6.45, 7) is 2.56. The smallest absolute Gasteiger partial charge is 0.242 e. The molecule has 1 rings (SSSR count). The van der Waals surface area contributed by atoms with Crippen molar-refractivity contribution in [2.45, 2.75) is 6.42 Å². The van der Waals surface area contributed by atoms with E-state index in [1.165, 1.54) is 0 Å². The van der Waals surface area contributed by atoms with Gasteiger partial charge in [0.05, 0.1) is 26.3 Å². The number of nitrogens with zero attached hydrogens (tertiary/aromatic N) is 1. The van der Waals surface area contributed by atoms with E-state index in [1.807, 2.05) is 0 Å². The van der Waals surface area contributed by atoms with Gasteiger partial charge in [0, 0.05) is 20.3 Å². The zero-order valence-corrected chi connectivity index (χ0v) is 9.53. The Bertz CT molecular complexity index is 245. The lowest BCUT2D eigenvalue weighted by Crippen LogP contribution is -2.51. The van der Waals surface area contributed by atoms with Gasteiger partial charge in [-0.25, -0.2) is 0 Å². The van der Waals surface area contributed by atoms with Crippen LogP contribution in [0.4, 0.5) is 0 Å². The Morgan fingerprint density at radius 2 is 2.12 bits per heavy atom. The van der Waals surface area contributed by atoms with Crippen LogP contribution in [0.1, 0.15) is 6.42 Å². The predicted molar refractivity (Wildman–Crippen MR) is 56.9 cm³/mol. The fraction of sp³-hybridized carbons (Fsp3) is 0.800. The van der Waals surface area contributed by atoms with Crippen LogP contribution in [0.15, 0.2) is 0 Å². The number of hydrogen-bond donors (Lipinski definition) is 1. The quantitative estimate of drug-likeness (QED) is 0.569. The normalized spacial score (nSPS) is 16.4. The molecule has 1 aliphatic heterocycles. The van der Waals surface area contributed by atoms with Gasteiger partial charge in [0.2, 0.25) is 11.8 Å². The topological polar surface area (TPSA) is 67.9 Å². The van der Waals surface area contributed by atoms with Crippen LogP contribution in [-0.2, 0) is 19.1 Å². The second-order valence-corrected chi connectivity index (χ2v) is 3.55. The summed E-state index contributed by atoms with van der Waals surface area (Å²) < 4.78 is 10.1. The van der Waals surface area contributed by atoms with Crippen LogP contribution in [0, 0.1) is 0 Å². The van der Waals surface area contributed by atoms with Crippen molar-refractivity contribution in [3.63, 3.8) is 0 Å². The number of piperazine rings is 1.